The van der Waals surface area contributed by atoms with Crippen molar-refractivity contribution in [2.75, 3.05) is 32.2 Å². The van der Waals surface area contributed by atoms with Crippen LogP contribution in [0.4, 0.5) is 5.13 Å². The summed E-state index contributed by atoms with van der Waals surface area (Å²) in [7, 11) is 1.63. The number of nitrogens with zero attached hydrogens (tertiary/aromatic N) is 1. The lowest BCUT2D eigenvalue weighted by Crippen LogP contribution is -2.08. The molecular weight excluding hydrogens is 216 g/mol. The molecular formula is C9H14N2O3S. The Kier molecular flexibility index (Phi) is 5.06. The fraction of sp³-hybridized carbons (Fsp3) is 0.556. The third-order valence-corrected chi connectivity index (χ3v) is 2.37. The zero-order chi connectivity index (χ0) is 11.1. The topological polar surface area (TPSA) is 60.5 Å². The standard InChI is InChI=1S/C9H14N2O3S/c1-3-14-8(12)7-6-15-9(11-7)10-4-5-13-2/h6H,3-5H2,1-2H3,(H,10,11). The molecule has 0 spiro atoms. The molecule has 0 amide bonds. The van der Waals surface area contributed by atoms with Crippen LogP contribution in [0, 0.1) is 0 Å². The predicted octanol–water partition coefficient (Wildman–Crippen LogP) is 1.38. The molecule has 1 heterocycles. The number of ether oxygens (including phenoxy) is 2. The Morgan fingerprint density at radius 2 is 2.47 bits per heavy atom. The average molecular weight is 230 g/mol. The Hall–Kier alpha value is -1.14. The molecule has 1 rings (SSSR count). The summed E-state index contributed by atoms with van der Waals surface area (Å²) in [6.45, 7) is 3.41. The van der Waals surface area contributed by atoms with Crippen LogP contribution in [0.1, 0.15) is 17.4 Å². The van der Waals surface area contributed by atoms with Gasteiger partial charge in [0, 0.05) is 19.0 Å². The zero-order valence-electron chi connectivity index (χ0n) is 8.78. The van der Waals surface area contributed by atoms with E-state index in [1.54, 1.807) is 19.4 Å². The van der Waals surface area contributed by atoms with E-state index in [9.17, 15) is 4.79 Å². The fourth-order valence-corrected chi connectivity index (χ4v) is 1.62. The van der Waals surface area contributed by atoms with Crippen molar-refractivity contribution in [3.05, 3.63) is 11.1 Å². The van der Waals surface area contributed by atoms with E-state index in [0.29, 0.717) is 30.6 Å². The Morgan fingerprint density at radius 1 is 1.67 bits per heavy atom. The number of nitrogens with one attached hydrogen (secondary N) is 1. The quantitative estimate of drug-likeness (QED) is 0.591. The molecule has 1 aromatic heterocycles. The van der Waals surface area contributed by atoms with Crippen LogP contribution in [0.5, 0.6) is 0 Å². The monoisotopic (exact) mass is 230 g/mol. The SMILES string of the molecule is CCOC(=O)c1csc(NCCOC)n1. The van der Waals surface area contributed by atoms with Gasteiger partial charge in [-0.05, 0) is 6.92 Å². The lowest BCUT2D eigenvalue weighted by molar-refractivity contribution is 0.0520. The molecule has 0 aliphatic carbocycles. The largest absolute Gasteiger partial charge is 0.461 e. The van der Waals surface area contributed by atoms with Gasteiger partial charge in [-0.25, -0.2) is 9.78 Å². The minimum Gasteiger partial charge on any atom is -0.461 e. The van der Waals surface area contributed by atoms with Gasteiger partial charge in [-0.3, -0.25) is 0 Å². The molecule has 1 N–H and O–H groups in total. The normalized spacial score (nSPS) is 10.0. The summed E-state index contributed by atoms with van der Waals surface area (Å²) in [6.07, 6.45) is 0. The van der Waals surface area contributed by atoms with Crippen molar-refractivity contribution in [3.8, 4) is 0 Å². The van der Waals surface area contributed by atoms with Crippen molar-refractivity contribution >= 4 is 22.4 Å². The van der Waals surface area contributed by atoms with E-state index >= 15 is 0 Å². The lowest BCUT2D eigenvalue weighted by atomic mass is 10.5. The summed E-state index contributed by atoms with van der Waals surface area (Å²) in [4.78, 5) is 15.3. The highest BCUT2D eigenvalue weighted by atomic mass is 32.1. The molecule has 1 aromatic rings. The Morgan fingerprint density at radius 3 is 3.13 bits per heavy atom. The molecule has 6 heteroatoms. The van der Waals surface area contributed by atoms with Gasteiger partial charge in [0.2, 0.25) is 0 Å². The second kappa shape index (κ2) is 6.36. The van der Waals surface area contributed by atoms with Crippen molar-refractivity contribution in [3.63, 3.8) is 0 Å². The molecule has 0 unspecified atom stereocenters. The second-order valence-corrected chi connectivity index (χ2v) is 3.54. The van der Waals surface area contributed by atoms with Crippen LogP contribution in [-0.2, 0) is 9.47 Å². The Labute approximate surface area is 92.4 Å². The summed E-state index contributed by atoms with van der Waals surface area (Å²) in [5, 5.41) is 5.42. The summed E-state index contributed by atoms with van der Waals surface area (Å²) in [5.41, 5.74) is 0.349. The molecule has 5 nitrogen and oxygen atoms in total. The molecule has 0 aliphatic heterocycles. The van der Waals surface area contributed by atoms with Gasteiger partial charge in [0.05, 0.1) is 13.2 Å². The van der Waals surface area contributed by atoms with Gasteiger partial charge in [-0.15, -0.1) is 11.3 Å². The van der Waals surface area contributed by atoms with Crippen LogP contribution < -0.4 is 5.32 Å². The number of hydrogen-bond acceptors (Lipinski definition) is 6. The van der Waals surface area contributed by atoms with Crippen LogP contribution in [0.25, 0.3) is 0 Å². The molecule has 0 fully saturated rings. The van der Waals surface area contributed by atoms with E-state index in [0.717, 1.165) is 0 Å². The molecule has 0 saturated heterocycles. The van der Waals surface area contributed by atoms with Crippen LogP contribution in [-0.4, -0.2) is 37.8 Å². The lowest BCUT2D eigenvalue weighted by Gasteiger charge is -2.00. The van der Waals surface area contributed by atoms with E-state index in [1.807, 2.05) is 0 Å². The van der Waals surface area contributed by atoms with Crippen LogP contribution in [0.2, 0.25) is 0 Å². The number of esters is 1. The van der Waals surface area contributed by atoms with Gasteiger partial charge < -0.3 is 14.8 Å². The zero-order valence-corrected chi connectivity index (χ0v) is 9.60. The smallest absolute Gasteiger partial charge is 0.357 e. The van der Waals surface area contributed by atoms with E-state index in [2.05, 4.69) is 10.3 Å². The number of carbonyl (C=O) groups is 1. The molecule has 0 saturated carbocycles. The maximum absolute atomic E-state index is 11.3. The number of methoxy groups -OCH3 is 1. The van der Waals surface area contributed by atoms with Gasteiger partial charge in [0.15, 0.2) is 10.8 Å². The van der Waals surface area contributed by atoms with Crippen molar-refractivity contribution in [1.82, 2.24) is 4.98 Å². The summed E-state index contributed by atoms with van der Waals surface area (Å²) in [5.74, 6) is -0.381. The Balaban J connectivity index is 2.45. The van der Waals surface area contributed by atoms with Crippen molar-refractivity contribution < 1.29 is 14.3 Å². The Bertz CT molecular complexity index is 314. The number of carbonyl (C=O) groups excluding carboxylic acids is 1. The number of thiazole rings is 1. The molecule has 0 radical (unpaired) electrons. The highest BCUT2D eigenvalue weighted by molar-refractivity contribution is 7.13. The number of hydrogen-bond donors (Lipinski definition) is 1. The summed E-state index contributed by atoms with van der Waals surface area (Å²) >= 11 is 1.38. The summed E-state index contributed by atoms with van der Waals surface area (Å²) < 4.78 is 9.70. The van der Waals surface area contributed by atoms with E-state index in [-0.39, 0.29) is 5.97 Å². The van der Waals surface area contributed by atoms with Crippen LogP contribution >= 0.6 is 11.3 Å². The van der Waals surface area contributed by atoms with E-state index in [1.165, 1.54) is 11.3 Å². The molecule has 0 aromatic carbocycles. The van der Waals surface area contributed by atoms with Gasteiger partial charge >= 0.3 is 5.97 Å². The summed E-state index contributed by atoms with van der Waals surface area (Å²) in [6, 6.07) is 0. The highest BCUT2D eigenvalue weighted by Gasteiger charge is 2.10. The molecule has 0 atom stereocenters. The third-order valence-electron chi connectivity index (χ3n) is 1.57. The van der Waals surface area contributed by atoms with E-state index in [4.69, 9.17) is 9.47 Å². The first-order valence-corrected chi connectivity index (χ1v) is 5.51. The van der Waals surface area contributed by atoms with Gasteiger partial charge in [0.25, 0.3) is 0 Å². The molecule has 15 heavy (non-hydrogen) atoms. The van der Waals surface area contributed by atoms with Gasteiger partial charge in [-0.2, -0.15) is 0 Å². The first kappa shape index (κ1) is 11.9. The predicted molar refractivity (Wildman–Crippen MR) is 58.4 cm³/mol. The van der Waals surface area contributed by atoms with Gasteiger partial charge in [-0.1, -0.05) is 0 Å². The minimum atomic E-state index is -0.381. The second-order valence-electron chi connectivity index (χ2n) is 2.68. The van der Waals surface area contributed by atoms with E-state index < -0.39 is 0 Å². The number of anilines is 1. The molecule has 0 bridgehead atoms. The maximum atomic E-state index is 11.3. The minimum absolute atomic E-state index is 0.349. The maximum Gasteiger partial charge on any atom is 0.357 e. The number of aromatic nitrogens is 1. The van der Waals surface area contributed by atoms with Gasteiger partial charge in [0.1, 0.15) is 0 Å². The fourth-order valence-electron chi connectivity index (χ4n) is 0.914. The first-order valence-electron chi connectivity index (χ1n) is 4.63. The molecule has 84 valence electrons. The molecule has 0 aliphatic rings. The first-order chi connectivity index (χ1) is 7.27. The third kappa shape index (κ3) is 3.85. The number of rotatable bonds is 6. The highest BCUT2D eigenvalue weighted by Crippen LogP contribution is 2.15. The average Bonchev–Trinajstić information content (AvgIpc) is 2.67. The van der Waals surface area contributed by atoms with Crippen molar-refractivity contribution in [1.29, 1.82) is 0 Å². The van der Waals surface area contributed by atoms with Crippen LogP contribution in [0.15, 0.2) is 5.38 Å². The van der Waals surface area contributed by atoms with Crippen molar-refractivity contribution in [2.45, 2.75) is 6.92 Å². The van der Waals surface area contributed by atoms with Crippen LogP contribution in [0.3, 0.4) is 0 Å². The van der Waals surface area contributed by atoms with Crippen molar-refractivity contribution in [2.24, 2.45) is 0 Å².